The Morgan fingerprint density at radius 2 is 1.70 bits per heavy atom. The van der Waals surface area contributed by atoms with E-state index in [-0.39, 0.29) is 11.4 Å². The zero-order chi connectivity index (χ0) is 19.2. The first-order valence-corrected chi connectivity index (χ1v) is 8.80. The van der Waals surface area contributed by atoms with Crippen LogP contribution in [0.25, 0.3) is 11.4 Å². The van der Waals surface area contributed by atoms with E-state index >= 15 is 0 Å². The Labute approximate surface area is 158 Å². The maximum Gasteiger partial charge on any atom is 0.341 e. The quantitative estimate of drug-likeness (QED) is 0.567. The number of aromatic carboxylic acids is 1. The second kappa shape index (κ2) is 8.31. The predicted molar refractivity (Wildman–Crippen MR) is 107 cm³/mol. The van der Waals surface area contributed by atoms with Crippen molar-refractivity contribution in [3.05, 3.63) is 66.4 Å². The van der Waals surface area contributed by atoms with Gasteiger partial charge in [0.15, 0.2) is 5.82 Å². The summed E-state index contributed by atoms with van der Waals surface area (Å²) in [4.78, 5) is 20.3. The number of nitrogens with zero attached hydrogens (tertiary/aromatic N) is 2. The van der Waals surface area contributed by atoms with Crippen LogP contribution in [0.15, 0.2) is 60.8 Å². The molecule has 0 saturated carbocycles. The molecule has 0 atom stereocenters. The van der Waals surface area contributed by atoms with Crippen molar-refractivity contribution in [3.63, 3.8) is 0 Å². The van der Waals surface area contributed by atoms with E-state index in [0.717, 1.165) is 23.5 Å². The molecule has 0 spiro atoms. The Balaban J connectivity index is 1.97. The van der Waals surface area contributed by atoms with Gasteiger partial charge in [0, 0.05) is 18.3 Å². The zero-order valence-electron chi connectivity index (χ0n) is 15.3. The zero-order valence-corrected chi connectivity index (χ0v) is 15.3. The average molecular weight is 362 g/mol. The third-order valence-electron chi connectivity index (χ3n) is 3.93. The lowest BCUT2D eigenvalue weighted by molar-refractivity contribution is 0.0697. The van der Waals surface area contributed by atoms with Crippen molar-refractivity contribution in [1.29, 1.82) is 0 Å². The number of nitrogens with one attached hydrogen (secondary N) is 2. The van der Waals surface area contributed by atoms with Crippen LogP contribution in [-0.2, 0) is 0 Å². The number of hydrogen-bond acceptors (Lipinski definition) is 5. The molecule has 0 unspecified atom stereocenters. The minimum absolute atomic E-state index is 0.0216. The summed E-state index contributed by atoms with van der Waals surface area (Å²) in [5.41, 5.74) is 2.50. The smallest absolute Gasteiger partial charge is 0.341 e. The van der Waals surface area contributed by atoms with Gasteiger partial charge in [-0.1, -0.05) is 56.3 Å². The van der Waals surface area contributed by atoms with Crippen molar-refractivity contribution >= 4 is 23.2 Å². The van der Waals surface area contributed by atoms with E-state index in [0.29, 0.717) is 11.7 Å². The predicted octanol–water partition coefficient (Wildman–Crippen LogP) is 4.65. The Morgan fingerprint density at radius 3 is 2.37 bits per heavy atom. The average Bonchev–Trinajstić information content (AvgIpc) is 2.67. The van der Waals surface area contributed by atoms with E-state index in [4.69, 9.17) is 0 Å². The number of rotatable bonds is 7. The summed E-state index contributed by atoms with van der Waals surface area (Å²) in [5, 5.41) is 16.1. The van der Waals surface area contributed by atoms with E-state index in [1.807, 2.05) is 54.6 Å². The standard InChI is InChI=1S/C21H22N4O2/c1-14(2)12-22-17-10-6-7-11-18(17)24-20-16(21(26)27)13-23-19(25-20)15-8-4-3-5-9-15/h3-11,13-14,22H,12H2,1-2H3,(H,26,27)(H,23,24,25). The fourth-order valence-corrected chi connectivity index (χ4v) is 2.55. The summed E-state index contributed by atoms with van der Waals surface area (Å²) in [5.74, 6) is 0.131. The first-order chi connectivity index (χ1) is 13.0. The maximum atomic E-state index is 11.6. The number of aromatic nitrogens is 2. The van der Waals surface area contributed by atoms with Crippen molar-refractivity contribution in [2.24, 2.45) is 5.92 Å². The molecule has 0 aliphatic heterocycles. The number of benzene rings is 2. The van der Waals surface area contributed by atoms with E-state index in [2.05, 4.69) is 34.4 Å². The summed E-state index contributed by atoms with van der Waals surface area (Å²) in [6.45, 7) is 5.06. The van der Waals surface area contributed by atoms with Gasteiger partial charge in [-0.2, -0.15) is 0 Å². The normalized spacial score (nSPS) is 10.6. The molecule has 1 aromatic heterocycles. The van der Waals surface area contributed by atoms with Crippen molar-refractivity contribution in [1.82, 2.24) is 9.97 Å². The number of carbonyl (C=O) groups is 1. The topological polar surface area (TPSA) is 87.1 Å². The fourth-order valence-electron chi connectivity index (χ4n) is 2.55. The van der Waals surface area contributed by atoms with Crippen LogP contribution in [0.2, 0.25) is 0 Å². The van der Waals surface area contributed by atoms with E-state index in [1.54, 1.807) is 0 Å². The first kappa shape index (κ1) is 18.4. The van der Waals surface area contributed by atoms with Crippen LogP contribution in [0.1, 0.15) is 24.2 Å². The summed E-state index contributed by atoms with van der Waals surface area (Å²) in [7, 11) is 0. The molecule has 1 heterocycles. The molecule has 0 radical (unpaired) electrons. The van der Waals surface area contributed by atoms with Gasteiger partial charge >= 0.3 is 5.97 Å². The number of carboxylic acids is 1. The van der Waals surface area contributed by atoms with Crippen LogP contribution < -0.4 is 10.6 Å². The fraction of sp³-hybridized carbons (Fsp3) is 0.190. The first-order valence-electron chi connectivity index (χ1n) is 8.80. The monoisotopic (exact) mass is 362 g/mol. The highest BCUT2D eigenvalue weighted by atomic mass is 16.4. The van der Waals surface area contributed by atoms with Crippen LogP contribution in [0.4, 0.5) is 17.2 Å². The summed E-state index contributed by atoms with van der Waals surface area (Å²) >= 11 is 0. The molecule has 0 aliphatic rings. The van der Waals surface area contributed by atoms with Crippen LogP contribution in [0, 0.1) is 5.92 Å². The lowest BCUT2D eigenvalue weighted by atomic mass is 10.2. The van der Waals surface area contributed by atoms with E-state index < -0.39 is 5.97 Å². The van der Waals surface area contributed by atoms with Crippen LogP contribution in [-0.4, -0.2) is 27.6 Å². The molecule has 0 fully saturated rings. The van der Waals surface area contributed by atoms with Gasteiger partial charge in [0.1, 0.15) is 11.4 Å². The minimum atomic E-state index is -1.08. The molecular weight excluding hydrogens is 340 g/mol. The number of anilines is 3. The lowest BCUT2D eigenvalue weighted by Crippen LogP contribution is -2.11. The van der Waals surface area contributed by atoms with Crippen LogP contribution in [0.5, 0.6) is 0 Å². The second-order valence-corrected chi connectivity index (χ2v) is 6.57. The third-order valence-corrected chi connectivity index (χ3v) is 3.93. The summed E-state index contributed by atoms with van der Waals surface area (Å²) in [6.07, 6.45) is 1.34. The summed E-state index contributed by atoms with van der Waals surface area (Å²) < 4.78 is 0. The van der Waals surface area contributed by atoms with Gasteiger partial charge in [0.25, 0.3) is 0 Å². The van der Waals surface area contributed by atoms with Gasteiger partial charge in [-0.3, -0.25) is 0 Å². The van der Waals surface area contributed by atoms with Gasteiger partial charge < -0.3 is 15.7 Å². The number of para-hydroxylation sites is 2. The van der Waals surface area contributed by atoms with Crippen LogP contribution in [0.3, 0.4) is 0 Å². The molecule has 3 aromatic rings. The van der Waals surface area contributed by atoms with Crippen molar-refractivity contribution < 1.29 is 9.90 Å². The highest BCUT2D eigenvalue weighted by Crippen LogP contribution is 2.27. The number of hydrogen-bond donors (Lipinski definition) is 3. The highest BCUT2D eigenvalue weighted by molar-refractivity contribution is 5.94. The SMILES string of the molecule is CC(C)CNc1ccccc1Nc1nc(-c2ccccc2)ncc1C(=O)O. The van der Waals surface area contributed by atoms with Gasteiger partial charge in [-0.15, -0.1) is 0 Å². The largest absolute Gasteiger partial charge is 0.477 e. The Bertz CT molecular complexity index is 926. The lowest BCUT2D eigenvalue weighted by Gasteiger charge is -2.16. The van der Waals surface area contributed by atoms with Crippen LogP contribution >= 0.6 is 0 Å². The Hall–Kier alpha value is -3.41. The second-order valence-electron chi connectivity index (χ2n) is 6.57. The molecular formula is C21H22N4O2. The van der Waals surface area contributed by atoms with Crippen molar-refractivity contribution in [2.75, 3.05) is 17.2 Å². The molecule has 6 heteroatoms. The summed E-state index contributed by atoms with van der Waals surface area (Å²) in [6, 6.07) is 17.1. The Kier molecular flexibility index (Phi) is 5.66. The number of carboxylic acid groups (broad SMARTS) is 1. The van der Waals surface area contributed by atoms with E-state index in [9.17, 15) is 9.90 Å². The molecule has 0 bridgehead atoms. The molecule has 3 N–H and O–H groups in total. The van der Waals surface area contributed by atoms with Crippen molar-refractivity contribution in [3.8, 4) is 11.4 Å². The molecule has 3 rings (SSSR count). The Morgan fingerprint density at radius 1 is 1.04 bits per heavy atom. The molecule has 0 aliphatic carbocycles. The maximum absolute atomic E-state index is 11.6. The molecule has 138 valence electrons. The molecule has 2 aromatic carbocycles. The van der Waals surface area contributed by atoms with Crippen molar-refractivity contribution in [2.45, 2.75) is 13.8 Å². The third kappa shape index (κ3) is 4.61. The van der Waals surface area contributed by atoms with Gasteiger partial charge in [-0.25, -0.2) is 14.8 Å². The highest BCUT2D eigenvalue weighted by Gasteiger charge is 2.16. The molecule has 0 amide bonds. The van der Waals surface area contributed by atoms with Gasteiger partial charge in [0.2, 0.25) is 0 Å². The molecule has 27 heavy (non-hydrogen) atoms. The molecule has 6 nitrogen and oxygen atoms in total. The van der Waals surface area contributed by atoms with Gasteiger partial charge in [0.05, 0.1) is 11.4 Å². The van der Waals surface area contributed by atoms with E-state index in [1.165, 1.54) is 6.20 Å². The minimum Gasteiger partial charge on any atom is -0.477 e. The van der Waals surface area contributed by atoms with Gasteiger partial charge in [-0.05, 0) is 18.1 Å². The molecule has 0 saturated heterocycles.